The summed E-state index contributed by atoms with van der Waals surface area (Å²) in [7, 11) is -1.95. The van der Waals surface area contributed by atoms with Crippen molar-refractivity contribution in [2.45, 2.75) is 13.5 Å². The van der Waals surface area contributed by atoms with Crippen molar-refractivity contribution in [3.8, 4) is 0 Å². The van der Waals surface area contributed by atoms with Crippen LogP contribution in [0.1, 0.15) is 15.4 Å². The predicted octanol–water partition coefficient (Wildman–Crippen LogP) is 3.54. The molecule has 7 heteroatoms. The van der Waals surface area contributed by atoms with Crippen LogP contribution in [0.3, 0.4) is 0 Å². The van der Waals surface area contributed by atoms with Gasteiger partial charge in [0.25, 0.3) is 0 Å². The maximum absolute atomic E-state index is 12.2. The lowest BCUT2D eigenvalue weighted by molar-refractivity contribution is 0.478. The third-order valence-corrected chi connectivity index (χ3v) is 5.53. The lowest BCUT2D eigenvalue weighted by atomic mass is 10.2. The zero-order valence-corrected chi connectivity index (χ0v) is 14.0. The molecule has 112 valence electrons. The van der Waals surface area contributed by atoms with Gasteiger partial charge in [-0.15, -0.1) is 11.3 Å². The minimum absolute atomic E-state index is 0.306. The molecule has 0 fully saturated rings. The van der Waals surface area contributed by atoms with Gasteiger partial charge in [-0.2, -0.15) is 4.31 Å². The highest BCUT2D eigenvalue weighted by atomic mass is 35.5. The molecule has 0 aliphatic heterocycles. The van der Waals surface area contributed by atoms with Crippen LogP contribution in [0.2, 0.25) is 5.02 Å². The van der Waals surface area contributed by atoms with E-state index in [1.165, 1.54) is 27.1 Å². The number of hydrogen-bond acceptors (Lipinski definition) is 4. The minimum Gasteiger partial charge on any atom is -0.250 e. The Balaban J connectivity index is 2.12. The Hall–Kier alpha value is -1.21. The Morgan fingerprint density at radius 1 is 1.38 bits per heavy atom. The molecule has 2 aromatic rings. The van der Waals surface area contributed by atoms with E-state index >= 15 is 0 Å². The lowest BCUT2D eigenvalue weighted by Crippen LogP contribution is -2.23. The van der Waals surface area contributed by atoms with E-state index < -0.39 is 10.0 Å². The number of aryl methyl sites for hydroxylation is 1. The van der Waals surface area contributed by atoms with Gasteiger partial charge in [-0.05, 0) is 24.6 Å². The first-order chi connectivity index (χ1) is 9.88. The third-order valence-electron chi connectivity index (χ3n) is 2.81. The number of nitrogens with zero attached hydrogens (tertiary/aromatic N) is 2. The van der Waals surface area contributed by atoms with E-state index in [1.807, 2.05) is 13.0 Å². The Labute approximate surface area is 133 Å². The number of rotatable bonds is 5. The van der Waals surface area contributed by atoms with Crippen LogP contribution in [-0.2, 0) is 16.6 Å². The van der Waals surface area contributed by atoms with Crippen molar-refractivity contribution in [2.75, 3.05) is 7.05 Å². The second-order valence-electron chi connectivity index (χ2n) is 4.47. The largest absolute Gasteiger partial charge is 0.250 e. The summed E-state index contributed by atoms with van der Waals surface area (Å²) in [5.74, 6) is 0. The fourth-order valence-electron chi connectivity index (χ4n) is 1.66. The smallest absolute Gasteiger partial charge is 0.236 e. The molecule has 0 spiro atoms. The Morgan fingerprint density at radius 2 is 2.10 bits per heavy atom. The molecule has 0 saturated carbocycles. The topological polar surface area (TPSA) is 50.3 Å². The summed E-state index contributed by atoms with van der Waals surface area (Å²) in [6, 6.07) is 7.09. The molecular weight excluding hydrogens is 328 g/mol. The number of benzene rings is 1. The fourth-order valence-corrected chi connectivity index (χ4v) is 3.64. The number of sulfonamides is 1. The second-order valence-corrected chi connectivity index (χ2v) is 8.12. The highest BCUT2D eigenvalue weighted by Gasteiger charge is 2.15. The summed E-state index contributed by atoms with van der Waals surface area (Å²) in [6.45, 7) is 2.20. The van der Waals surface area contributed by atoms with Gasteiger partial charge in [0.05, 0.1) is 5.01 Å². The van der Waals surface area contributed by atoms with E-state index in [2.05, 4.69) is 4.98 Å². The molecule has 0 N–H and O–H groups in total. The summed E-state index contributed by atoms with van der Waals surface area (Å²) in [5, 5.41) is 2.61. The molecule has 1 aromatic carbocycles. The quantitative estimate of drug-likeness (QED) is 0.835. The molecule has 0 bridgehead atoms. The first kappa shape index (κ1) is 16.2. The van der Waals surface area contributed by atoms with Crippen molar-refractivity contribution in [1.29, 1.82) is 0 Å². The normalized spacial score (nSPS) is 12.4. The standard InChI is InChI=1S/C14H15ClN2O2S2/c1-11-16-9-13(20-11)10-17(2)21(18,19)8-7-12-5-3-4-6-14(12)15/h3-9H,10H2,1-2H3. The summed E-state index contributed by atoms with van der Waals surface area (Å²) in [4.78, 5) is 5.03. The third kappa shape index (κ3) is 4.38. The van der Waals surface area contributed by atoms with E-state index in [9.17, 15) is 8.42 Å². The molecule has 21 heavy (non-hydrogen) atoms. The number of hydrogen-bond donors (Lipinski definition) is 0. The SMILES string of the molecule is Cc1ncc(CN(C)S(=O)(=O)C=Cc2ccccc2Cl)s1. The van der Waals surface area contributed by atoms with Crippen LogP contribution in [0.4, 0.5) is 0 Å². The van der Waals surface area contributed by atoms with Gasteiger partial charge in [0, 0.05) is 35.1 Å². The molecule has 1 heterocycles. The average Bonchev–Trinajstić information content (AvgIpc) is 2.83. The number of thiazole rings is 1. The predicted molar refractivity (Wildman–Crippen MR) is 87.7 cm³/mol. The molecule has 4 nitrogen and oxygen atoms in total. The van der Waals surface area contributed by atoms with Crippen LogP contribution >= 0.6 is 22.9 Å². The zero-order chi connectivity index (χ0) is 15.5. The molecule has 2 rings (SSSR count). The monoisotopic (exact) mass is 342 g/mol. The van der Waals surface area contributed by atoms with E-state index in [4.69, 9.17) is 11.6 Å². The van der Waals surface area contributed by atoms with Gasteiger partial charge >= 0.3 is 0 Å². The first-order valence-corrected chi connectivity index (χ1v) is 8.88. The average molecular weight is 343 g/mol. The summed E-state index contributed by atoms with van der Waals surface area (Å²) in [6.07, 6.45) is 3.20. The molecule has 0 radical (unpaired) electrons. The van der Waals surface area contributed by atoms with Gasteiger partial charge < -0.3 is 0 Å². The van der Waals surface area contributed by atoms with Crippen molar-refractivity contribution >= 4 is 39.0 Å². The fraction of sp³-hybridized carbons (Fsp3) is 0.214. The zero-order valence-electron chi connectivity index (χ0n) is 11.7. The Morgan fingerprint density at radius 3 is 2.71 bits per heavy atom. The van der Waals surface area contributed by atoms with E-state index in [-0.39, 0.29) is 0 Å². The summed E-state index contributed by atoms with van der Waals surface area (Å²) < 4.78 is 25.7. The van der Waals surface area contributed by atoms with Gasteiger partial charge in [0.15, 0.2) is 0 Å². The summed E-state index contributed by atoms with van der Waals surface area (Å²) in [5.41, 5.74) is 0.671. The van der Waals surface area contributed by atoms with E-state index in [0.717, 1.165) is 9.88 Å². The Kier molecular flexibility index (Phi) is 5.16. The maximum Gasteiger partial charge on any atom is 0.236 e. The van der Waals surface area contributed by atoms with Crippen molar-refractivity contribution in [3.63, 3.8) is 0 Å². The van der Waals surface area contributed by atoms with E-state index in [0.29, 0.717) is 17.1 Å². The molecule has 0 aliphatic rings. The molecule has 0 unspecified atom stereocenters. The van der Waals surface area contributed by atoms with Gasteiger partial charge in [0.2, 0.25) is 10.0 Å². The van der Waals surface area contributed by atoms with Crippen LogP contribution in [0.25, 0.3) is 6.08 Å². The molecule has 0 amide bonds. The van der Waals surface area contributed by atoms with Crippen molar-refractivity contribution in [2.24, 2.45) is 0 Å². The second kappa shape index (κ2) is 6.70. The van der Waals surface area contributed by atoms with Crippen LogP contribution in [0.15, 0.2) is 35.9 Å². The Bertz CT molecular complexity index is 754. The van der Waals surface area contributed by atoms with Gasteiger partial charge in [0.1, 0.15) is 0 Å². The van der Waals surface area contributed by atoms with Crippen LogP contribution in [-0.4, -0.2) is 24.8 Å². The molecule has 0 aliphatic carbocycles. The highest BCUT2D eigenvalue weighted by molar-refractivity contribution is 7.92. The van der Waals surface area contributed by atoms with Gasteiger partial charge in [-0.3, -0.25) is 0 Å². The van der Waals surface area contributed by atoms with Crippen molar-refractivity contribution in [3.05, 3.63) is 56.3 Å². The minimum atomic E-state index is -3.49. The van der Waals surface area contributed by atoms with Crippen molar-refractivity contribution < 1.29 is 8.42 Å². The summed E-state index contributed by atoms with van der Waals surface area (Å²) >= 11 is 7.49. The van der Waals surface area contributed by atoms with Crippen molar-refractivity contribution in [1.82, 2.24) is 9.29 Å². The van der Waals surface area contributed by atoms with E-state index in [1.54, 1.807) is 31.4 Å². The molecule has 0 atom stereocenters. The number of aromatic nitrogens is 1. The molecule has 0 saturated heterocycles. The van der Waals surface area contributed by atoms with Crippen LogP contribution in [0.5, 0.6) is 0 Å². The molecule has 1 aromatic heterocycles. The van der Waals surface area contributed by atoms with Gasteiger partial charge in [-0.25, -0.2) is 13.4 Å². The molecular formula is C14H15ClN2O2S2. The maximum atomic E-state index is 12.2. The lowest BCUT2D eigenvalue weighted by Gasteiger charge is -2.13. The van der Waals surface area contributed by atoms with Crippen LogP contribution in [0, 0.1) is 6.92 Å². The van der Waals surface area contributed by atoms with Crippen LogP contribution < -0.4 is 0 Å². The highest BCUT2D eigenvalue weighted by Crippen LogP contribution is 2.19. The first-order valence-electron chi connectivity index (χ1n) is 6.19. The number of halogens is 1. The van der Waals surface area contributed by atoms with Gasteiger partial charge in [-0.1, -0.05) is 29.8 Å².